The SMILES string of the molecule is CNCc1ccc(-c2ccccc2OC)cc1F. The third kappa shape index (κ3) is 2.51. The average molecular weight is 245 g/mol. The normalized spacial score (nSPS) is 10.4. The summed E-state index contributed by atoms with van der Waals surface area (Å²) in [6, 6.07) is 12.9. The van der Waals surface area contributed by atoms with Crippen molar-refractivity contribution in [1.29, 1.82) is 0 Å². The van der Waals surface area contributed by atoms with Crippen LogP contribution in [0.2, 0.25) is 0 Å². The first-order valence-electron chi connectivity index (χ1n) is 5.82. The van der Waals surface area contributed by atoms with Crippen molar-refractivity contribution in [3.05, 3.63) is 53.8 Å². The summed E-state index contributed by atoms with van der Waals surface area (Å²) in [4.78, 5) is 0. The van der Waals surface area contributed by atoms with Crippen LogP contribution in [0.5, 0.6) is 5.75 Å². The Hall–Kier alpha value is -1.87. The van der Waals surface area contributed by atoms with Gasteiger partial charge in [-0.2, -0.15) is 0 Å². The highest BCUT2D eigenvalue weighted by molar-refractivity contribution is 5.70. The van der Waals surface area contributed by atoms with Crippen LogP contribution in [0.15, 0.2) is 42.5 Å². The monoisotopic (exact) mass is 245 g/mol. The number of hydrogen-bond acceptors (Lipinski definition) is 2. The maximum absolute atomic E-state index is 13.9. The third-order valence-corrected chi connectivity index (χ3v) is 2.84. The van der Waals surface area contributed by atoms with Gasteiger partial charge in [-0.15, -0.1) is 0 Å². The van der Waals surface area contributed by atoms with Crippen molar-refractivity contribution in [3.63, 3.8) is 0 Å². The van der Waals surface area contributed by atoms with Gasteiger partial charge in [0, 0.05) is 17.7 Å². The summed E-state index contributed by atoms with van der Waals surface area (Å²) in [6.45, 7) is 0.526. The van der Waals surface area contributed by atoms with Gasteiger partial charge in [0.25, 0.3) is 0 Å². The second kappa shape index (κ2) is 5.65. The Bertz CT molecular complexity index is 540. The van der Waals surface area contributed by atoms with Crippen molar-refractivity contribution in [2.45, 2.75) is 6.54 Å². The Morgan fingerprint density at radius 2 is 1.94 bits per heavy atom. The second-order valence-electron chi connectivity index (χ2n) is 4.04. The molecule has 0 unspecified atom stereocenters. The van der Waals surface area contributed by atoms with Crippen molar-refractivity contribution in [1.82, 2.24) is 5.32 Å². The van der Waals surface area contributed by atoms with Crippen molar-refractivity contribution in [2.75, 3.05) is 14.2 Å². The molecule has 0 aliphatic heterocycles. The average Bonchev–Trinajstić information content (AvgIpc) is 2.41. The predicted octanol–water partition coefficient (Wildman–Crippen LogP) is 3.22. The summed E-state index contributed by atoms with van der Waals surface area (Å²) >= 11 is 0. The van der Waals surface area contributed by atoms with Crippen LogP contribution < -0.4 is 10.1 Å². The smallest absolute Gasteiger partial charge is 0.128 e. The molecular weight excluding hydrogens is 229 g/mol. The highest BCUT2D eigenvalue weighted by Gasteiger charge is 2.08. The minimum Gasteiger partial charge on any atom is -0.496 e. The lowest BCUT2D eigenvalue weighted by Gasteiger charge is -2.10. The van der Waals surface area contributed by atoms with E-state index in [4.69, 9.17) is 4.74 Å². The first-order chi connectivity index (χ1) is 8.76. The molecule has 0 saturated heterocycles. The molecule has 2 rings (SSSR count). The van der Waals surface area contributed by atoms with E-state index < -0.39 is 0 Å². The molecule has 2 nitrogen and oxygen atoms in total. The van der Waals surface area contributed by atoms with Crippen LogP contribution in [0, 0.1) is 5.82 Å². The summed E-state index contributed by atoms with van der Waals surface area (Å²) < 4.78 is 19.2. The first kappa shape index (κ1) is 12.6. The Morgan fingerprint density at radius 3 is 2.61 bits per heavy atom. The van der Waals surface area contributed by atoms with Crippen LogP contribution in [-0.4, -0.2) is 14.2 Å². The fourth-order valence-corrected chi connectivity index (χ4v) is 1.93. The molecule has 0 bridgehead atoms. The topological polar surface area (TPSA) is 21.3 Å². The zero-order valence-corrected chi connectivity index (χ0v) is 10.5. The quantitative estimate of drug-likeness (QED) is 0.893. The molecule has 0 heterocycles. The number of nitrogens with one attached hydrogen (secondary N) is 1. The molecule has 1 N–H and O–H groups in total. The molecule has 0 radical (unpaired) electrons. The molecule has 18 heavy (non-hydrogen) atoms. The molecule has 0 fully saturated rings. The molecule has 2 aromatic carbocycles. The molecule has 3 heteroatoms. The van der Waals surface area contributed by atoms with E-state index in [2.05, 4.69) is 5.32 Å². The van der Waals surface area contributed by atoms with Crippen LogP contribution in [-0.2, 0) is 6.54 Å². The molecule has 0 amide bonds. The standard InChI is InChI=1S/C15H16FNO/c1-17-10-12-8-7-11(9-14(12)16)13-5-3-4-6-15(13)18-2/h3-9,17H,10H2,1-2H3. The van der Waals surface area contributed by atoms with Gasteiger partial charge < -0.3 is 10.1 Å². The van der Waals surface area contributed by atoms with Gasteiger partial charge >= 0.3 is 0 Å². The van der Waals surface area contributed by atoms with Gasteiger partial charge in [0.15, 0.2) is 0 Å². The van der Waals surface area contributed by atoms with E-state index in [1.165, 1.54) is 0 Å². The van der Waals surface area contributed by atoms with Crippen LogP contribution >= 0.6 is 0 Å². The van der Waals surface area contributed by atoms with E-state index >= 15 is 0 Å². The number of hydrogen-bond donors (Lipinski definition) is 1. The van der Waals surface area contributed by atoms with Gasteiger partial charge in [-0.3, -0.25) is 0 Å². The lowest BCUT2D eigenvalue weighted by molar-refractivity contribution is 0.416. The molecular formula is C15H16FNO. The third-order valence-electron chi connectivity index (χ3n) is 2.84. The molecule has 0 spiro atoms. The van der Waals surface area contributed by atoms with Crippen molar-refractivity contribution in [3.8, 4) is 16.9 Å². The lowest BCUT2D eigenvalue weighted by atomic mass is 10.0. The van der Waals surface area contributed by atoms with E-state index in [0.29, 0.717) is 12.1 Å². The van der Waals surface area contributed by atoms with Gasteiger partial charge in [0.05, 0.1) is 7.11 Å². The molecule has 2 aromatic rings. The van der Waals surface area contributed by atoms with Crippen LogP contribution in [0.4, 0.5) is 4.39 Å². The van der Waals surface area contributed by atoms with Crippen molar-refractivity contribution >= 4 is 0 Å². The van der Waals surface area contributed by atoms with Crippen molar-refractivity contribution < 1.29 is 9.13 Å². The molecule has 0 saturated carbocycles. The number of methoxy groups -OCH3 is 1. The fraction of sp³-hybridized carbons (Fsp3) is 0.200. The van der Waals surface area contributed by atoms with E-state index in [9.17, 15) is 4.39 Å². The van der Waals surface area contributed by atoms with Gasteiger partial charge in [0.1, 0.15) is 11.6 Å². The molecule has 0 aliphatic carbocycles. The number of benzene rings is 2. The van der Waals surface area contributed by atoms with Crippen molar-refractivity contribution in [2.24, 2.45) is 0 Å². The zero-order valence-electron chi connectivity index (χ0n) is 10.5. The Morgan fingerprint density at radius 1 is 1.17 bits per heavy atom. The summed E-state index contributed by atoms with van der Waals surface area (Å²) in [5.74, 6) is 0.547. The molecule has 0 aliphatic rings. The van der Waals surface area contributed by atoms with E-state index in [-0.39, 0.29) is 5.82 Å². The Labute approximate surface area is 106 Å². The van der Waals surface area contributed by atoms with Gasteiger partial charge in [0.2, 0.25) is 0 Å². The van der Waals surface area contributed by atoms with Crippen LogP contribution in [0.3, 0.4) is 0 Å². The highest BCUT2D eigenvalue weighted by atomic mass is 19.1. The van der Waals surface area contributed by atoms with Crippen LogP contribution in [0.1, 0.15) is 5.56 Å². The first-order valence-corrected chi connectivity index (χ1v) is 5.82. The van der Waals surface area contributed by atoms with E-state index in [0.717, 1.165) is 16.9 Å². The molecule has 0 aromatic heterocycles. The van der Waals surface area contributed by atoms with Gasteiger partial charge in [-0.25, -0.2) is 4.39 Å². The van der Waals surface area contributed by atoms with E-state index in [1.54, 1.807) is 26.3 Å². The van der Waals surface area contributed by atoms with Crippen LogP contribution in [0.25, 0.3) is 11.1 Å². The fourth-order valence-electron chi connectivity index (χ4n) is 1.93. The second-order valence-corrected chi connectivity index (χ2v) is 4.04. The number of para-hydroxylation sites is 1. The summed E-state index contributed by atoms with van der Waals surface area (Å²) in [6.07, 6.45) is 0. The maximum Gasteiger partial charge on any atom is 0.128 e. The van der Waals surface area contributed by atoms with Gasteiger partial charge in [-0.1, -0.05) is 30.3 Å². The number of halogens is 1. The Kier molecular flexibility index (Phi) is 3.95. The van der Waals surface area contributed by atoms with Gasteiger partial charge in [-0.05, 0) is 24.7 Å². The largest absolute Gasteiger partial charge is 0.496 e. The maximum atomic E-state index is 13.9. The summed E-state index contributed by atoms with van der Waals surface area (Å²) in [7, 11) is 3.41. The minimum absolute atomic E-state index is 0.201. The lowest BCUT2D eigenvalue weighted by Crippen LogP contribution is -2.06. The molecule has 94 valence electrons. The number of rotatable bonds is 4. The number of ether oxygens (including phenoxy) is 1. The highest BCUT2D eigenvalue weighted by Crippen LogP contribution is 2.30. The van der Waals surface area contributed by atoms with E-state index in [1.807, 2.05) is 30.3 Å². The minimum atomic E-state index is -0.201. The zero-order chi connectivity index (χ0) is 13.0. The summed E-state index contributed by atoms with van der Waals surface area (Å²) in [5.41, 5.74) is 2.39. The summed E-state index contributed by atoms with van der Waals surface area (Å²) in [5, 5.41) is 2.94. The Balaban J connectivity index is 2.42. The predicted molar refractivity (Wildman–Crippen MR) is 71.2 cm³/mol. The molecule has 0 atom stereocenters.